The summed E-state index contributed by atoms with van der Waals surface area (Å²) in [7, 11) is 0. The summed E-state index contributed by atoms with van der Waals surface area (Å²) in [6, 6.07) is 0.369. The van der Waals surface area contributed by atoms with Crippen LogP contribution in [-0.2, 0) is 4.79 Å². The van der Waals surface area contributed by atoms with Crippen molar-refractivity contribution in [1.29, 1.82) is 0 Å². The van der Waals surface area contributed by atoms with E-state index in [1.54, 1.807) is 0 Å². The first-order valence-corrected chi connectivity index (χ1v) is 8.08. The molecule has 2 aliphatic rings. The number of amides is 1. The molecule has 2 saturated heterocycles. The van der Waals surface area contributed by atoms with E-state index in [0.717, 1.165) is 52.2 Å². The van der Waals surface area contributed by atoms with Gasteiger partial charge in [-0.25, -0.2) is 0 Å². The number of likely N-dealkylation sites (tertiary alicyclic amines) is 1. The first-order valence-electron chi connectivity index (χ1n) is 8.08. The molecule has 0 aromatic carbocycles. The third kappa shape index (κ3) is 3.93. The van der Waals surface area contributed by atoms with E-state index in [9.17, 15) is 4.79 Å². The van der Waals surface area contributed by atoms with Crippen molar-refractivity contribution in [3.05, 3.63) is 0 Å². The minimum atomic E-state index is 0.311. The fourth-order valence-corrected chi connectivity index (χ4v) is 3.39. The van der Waals surface area contributed by atoms with E-state index in [4.69, 9.17) is 5.73 Å². The highest BCUT2D eigenvalue weighted by atomic mass is 16.2. The quantitative estimate of drug-likeness (QED) is 0.783. The summed E-state index contributed by atoms with van der Waals surface area (Å²) in [4.78, 5) is 19.3. The lowest BCUT2D eigenvalue weighted by molar-refractivity contribution is -0.132. The molecule has 0 bridgehead atoms. The van der Waals surface area contributed by atoms with Crippen LogP contribution in [0, 0.1) is 5.92 Å². The lowest BCUT2D eigenvalue weighted by atomic mass is 10.1. The fourth-order valence-electron chi connectivity index (χ4n) is 3.39. The van der Waals surface area contributed by atoms with Crippen LogP contribution in [0.2, 0.25) is 0 Å². The van der Waals surface area contributed by atoms with Gasteiger partial charge in [0.2, 0.25) is 5.91 Å². The highest BCUT2D eigenvalue weighted by Gasteiger charge is 2.31. The Bertz CT molecular complexity index is 315. The Kier molecular flexibility index (Phi) is 5.81. The Labute approximate surface area is 123 Å². The largest absolute Gasteiger partial charge is 0.340 e. The molecule has 2 fully saturated rings. The topological polar surface area (TPSA) is 52.8 Å². The molecule has 2 rings (SSSR count). The summed E-state index contributed by atoms with van der Waals surface area (Å²) in [5, 5.41) is 0. The summed E-state index contributed by atoms with van der Waals surface area (Å²) in [6.07, 6.45) is 1.73. The average molecular weight is 282 g/mol. The van der Waals surface area contributed by atoms with E-state index in [1.165, 1.54) is 0 Å². The van der Waals surface area contributed by atoms with E-state index in [1.807, 2.05) is 4.90 Å². The standard InChI is InChI=1S/C15H30N4O/c1-3-17-6-8-18(9-7-17)5-4-15(20)19-12-14(11-16)10-13(19)2/h13-14H,3-12,16H2,1-2H3. The van der Waals surface area contributed by atoms with Gasteiger partial charge >= 0.3 is 0 Å². The Balaban J connectivity index is 1.70. The Morgan fingerprint density at radius 3 is 2.40 bits per heavy atom. The second-order valence-corrected chi connectivity index (χ2v) is 6.26. The Morgan fingerprint density at radius 1 is 1.20 bits per heavy atom. The van der Waals surface area contributed by atoms with Gasteiger partial charge in [0.1, 0.15) is 0 Å². The van der Waals surface area contributed by atoms with Gasteiger partial charge in [-0.05, 0) is 32.4 Å². The van der Waals surface area contributed by atoms with Crippen molar-refractivity contribution >= 4 is 5.91 Å². The predicted molar refractivity (Wildman–Crippen MR) is 81.5 cm³/mol. The molecule has 0 aliphatic carbocycles. The van der Waals surface area contributed by atoms with E-state index < -0.39 is 0 Å². The molecule has 2 atom stereocenters. The number of likely N-dealkylation sites (N-methyl/N-ethyl adjacent to an activating group) is 1. The number of rotatable bonds is 5. The molecule has 1 amide bonds. The molecular weight excluding hydrogens is 252 g/mol. The van der Waals surface area contributed by atoms with Gasteiger partial charge < -0.3 is 20.4 Å². The van der Waals surface area contributed by atoms with E-state index in [-0.39, 0.29) is 0 Å². The van der Waals surface area contributed by atoms with Gasteiger partial charge in [-0.1, -0.05) is 6.92 Å². The van der Waals surface area contributed by atoms with Crippen LogP contribution in [-0.4, -0.2) is 79.0 Å². The minimum absolute atomic E-state index is 0.311. The molecule has 2 unspecified atom stereocenters. The van der Waals surface area contributed by atoms with Crippen LogP contribution in [0.1, 0.15) is 26.7 Å². The van der Waals surface area contributed by atoms with E-state index in [0.29, 0.717) is 30.8 Å². The maximum atomic E-state index is 12.3. The lowest BCUT2D eigenvalue weighted by Gasteiger charge is -2.34. The number of carbonyl (C=O) groups excluding carboxylic acids is 1. The maximum Gasteiger partial charge on any atom is 0.224 e. The van der Waals surface area contributed by atoms with Crippen molar-refractivity contribution in [2.24, 2.45) is 11.7 Å². The number of hydrogen-bond acceptors (Lipinski definition) is 4. The second-order valence-electron chi connectivity index (χ2n) is 6.26. The molecule has 0 radical (unpaired) electrons. The van der Waals surface area contributed by atoms with E-state index >= 15 is 0 Å². The molecule has 0 aromatic heterocycles. The van der Waals surface area contributed by atoms with Crippen molar-refractivity contribution in [3.63, 3.8) is 0 Å². The molecule has 0 aromatic rings. The zero-order valence-corrected chi connectivity index (χ0v) is 13.1. The van der Waals surface area contributed by atoms with Crippen molar-refractivity contribution in [1.82, 2.24) is 14.7 Å². The molecule has 2 aliphatic heterocycles. The zero-order chi connectivity index (χ0) is 14.5. The third-order valence-electron chi connectivity index (χ3n) is 4.87. The zero-order valence-electron chi connectivity index (χ0n) is 13.1. The average Bonchev–Trinajstić information content (AvgIpc) is 2.86. The van der Waals surface area contributed by atoms with Gasteiger partial charge in [-0.2, -0.15) is 0 Å². The van der Waals surface area contributed by atoms with Crippen LogP contribution in [0.25, 0.3) is 0 Å². The highest BCUT2D eigenvalue weighted by molar-refractivity contribution is 5.77. The van der Waals surface area contributed by atoms with Gasteiger partial charge in [0, 0.05) is 51.7 Å². The number of nitrogens with zero attached hydrogens (tertiary/aromatic N) is 3. The van der Waals surface area contributed by atoms with Crippen LogP contribution >= 0.6 is 0 Å². The van der Waals surface area contributed by atoms with E-state index in [2.05, 4.69) is 23.6 Å². The second kappa shape index (κ2) is 7.38. The summed E-state index contributed by atoms with van der Waals surface area (Å²) in [5.41, 5.74) is 5.72. The van der Waals surface area contributed by atoms with Crippen LogP contribution in [0.15, 0.2) is 0 Å². The molecular formula is C15H30N4O. The highest BCUT2D eigenvalue weighted by Crippen LogP contribution is 2.22. The van der Waals surface area contributed by atoms with Crippen molar-refractivity contribution in [3.8, 4) is 0 Å². The number of hydrogen-bond donors (Lipinski definition) is 1. The normalized spacial score (nSPS) is 29.1. The molecule has 5 heteroatoms. The Hall–Kier alpha value is -0.650. The molecule has 0 spiro atoms. The number of piperazine rings is 1. The maximum absolute atomic E-state index is 12.3. The first kappa shape index (κ1) is 15.7. The SMILES string of the molecule is CCN1CCN(CCC(=O)N2CC(CN)CC2C)CC1. The van der Waals surface area contributed by atoms with Gasteiger partial charge in [0.05, 0.1) is 0 Å². The number of carbonyl (C=O) groups is 1. The summed E-state index contributed by atoms with van der Waals surface area (Å²) < 4.78 is 0. The lowest BCUT2D eigenvalue weighted by Crippen LogP contribution is -2.47. The van der Waals surface area contributed by atoms with Gasteiger partial charge in [0.25, 0.3) is 0 Å². The Morgan fingerprint density at radius 2 is 1.85 bits per heavy atom. The van der Waals surface area contributed by atoms with Crippen LogP contribution in [0.4, 0.5) is 0 Å². The summed E-state index contributed by atoms with van der Waals surface area (Å²) >= 11 is 0. The predicted octanol–water partition coefficient (Wildman–Crippen LogP) is 0.210. The van der Waals surface area contributed by atoms with Gasteiger partial charge in [0.15, 0.2) is 0 Å². The molecule has 20 heavy (non-hydrogen) atoms. The minimum Gasteiger partial charge on any atom is -0.340 e. The molecule has 2 N–H and O–H groups in total. The van der Waals surface area contributed by atoms with Crippen molar-refractivity contribution < 1.29 is 4.79 Å². The summed E-state index contributed by atoms with van der Waals surface area (Å²) in [6.45, 7) is 12.4. The van der Waals surface area contributed by atoms with Crippen LogP contribution < -0.4 is 5.73 Å². The van der Waals surface area contributed by atoms with Crippen molar-refractivity contribution in [2.75, 3.05) is 52.4 Å². The molecule has 116 valence electrons. The third-order valence-corrected chi connectivity index (χ3v) is 4.87. The van der Waals surface area contributed by atoms with Crippen LogP contribution in [0.5, 0.6) is 0 Å². The smallest absolute Gasteiger partial charge is 0.224 e. The number of nitrogens with two attached hydrogens (primary N) is 1. The molecule has 0 saturated carbocycles. The van der Waals surface area contributed by atoms with Crippen LogP contribution in [0.3, 0.4) is 0 Å². The first-order chi connectivity index (χ1) is 9.63. The van der Waals surface area contributed by atoms with Gasteiger partial charge in [-0.3, -0.25) is 4.79 Å². The molecule has 5 nitrogen and oxygen atoms in total. The summed E-state index contributed by atoms with van der Waals surface area (Å²) in [5.74, 6) is 0.813. The van der Waals surface area contributed by atoms with Crippen molar-refractivity contribution in [2.45, 2.75) is 32.7 Å². The van der Waals surface area contributed by atoms with Gasteiger partial charge in [-0.15, -0.1) is 0 Å². The monoisotopic (exact) mass is 282 g/mol. The molecule has 2 heterocycles. The fraction of sp³-hybridized carbons (Fsp3) is 0.933.